The Morgan fingerprint density at radius 3 is 2.18 bits per heavy atom. The zero-order valence-corrected chi connectivity index (χ0v) is 37.0. The van der Waals surface area contributed by atoms with Gasteiger partial charge in [-0.15, -0.1) is 0 Å². The normalized spacial score (nSPS) is 17.8. The van der Waals surface area contributed by atoms with Gasteiger partial charge in [0.15, 0.2) is 5.71 Å². The standard InChI is InChI=1S/C47H56N2O10S2/c1-47(2)41-32-40(59-4)21-23-43(41)49(27-6-8-29-61(55,56)57)44(47)24-18-35-11-9-10-34(46(35)36-15-12-33(13-16-36)14-25-45(50)51)17-19-38-30-37-31-39(58-3)20-22-42(37)48(38)26-5-7-28-60(52,53)54/h12-13,15-24,31-32H,5-11,14,25-30H2,1-4H3,(H2-,50,51,52,53,54,55,56,57)/p+1. The third-order valence-electron chi connectivity index (χ3n) is 11.8. The van der Waals surface area contributed by atoms with E-state index in [-0.39, 0.29) is 17.9 Å². The molecule has 0 unspecified atom stereocenters. The molecule has 326 valence electrons. The molecule has 0 amide bonds. The number of allylic oxidation sites excluding steroid dienone is 8. The van der Waals surface area contributed by atoms with Crippen molar-refractivity contribution in [3.8, 4) is 11.5 Å². The molecule has 3 aromatic rings. The molecule has 61 heavy (non-hydrogen) atoms. The van der Waals surface area contributed by atoms with Gasteiger partial charge in [-0.2, -0.15) is 21.4 Å². The third-order valence-corrected chi connectivity index (χ3v) is 13.4. The van der Waals surface area contributed by atoms with Crippen molar-refractivity contribution in [2.45, 2.75) is 83.5 Å². The van der Waals surface area contributed by atoms with Crippen molar-refractivity contribution in [2.75, 3.05) is 43.7 Å². The average molecular weight is 874 g/mol. The Hall–Kier alpha value is -5.02. The van der Waals surface area contributed by atoms with E-state index in [2.05, 4.69) is 65.8 Å². The number of benzene rings is 3. The number of nitrogens with zero attached hydrogens (tertiary/aromatic N) is 2. The number of rotatable bonds is 19. The Labute approximate surface area is 360 Å². The van der Waals surface area contributed by atoms with Crippen LogP contribution in [-0.2, 0) is 43.3 Å². The van der Waals surface area contributed by atoms with Crippen molar-refractivity contribution in [1.82, 2.24) is 0 Å². The summed E-state index contributed by atoms with van der Waals surface area (Å²) in [6, 6.07) is 20.2. The number of fused-ring (bicyclic) bond motifs is 2. The lowest BCUT2D eigenvalue weighted by Crippen LogP contribution is -2.27. The largest absolute Gasteiger partial charge is 0.497 e. The van der Waals surface area contributed by atoms with E-state index in [4.69, 9.17) is 9.47 Å². The fraction of sp³-hybridized carbons (Fsp3) is 0.404. The lowest BCUT2D eigenvalue weighted by atomic mass is 9.81. The second kappa shape index (κ2) is 19.4. The maximum atomic E-state index is 11.5. The fourth-order valence-electron chi connectivity index (χ4n) is 8.68. The van der Waals surface area contributed by atoms with Gasteiger partial charge >= 0.3 is 5.97 Å². The topological polar surface area (TPSA) is 171 Å². The van der Waals surface area contributed by atoms with Crippen molar-refractivity contribution in [2.24, 2.45) is 0 Å². The smallest absolute Gasteiger partial charge is 0.303 e. The lowest BCUT2D eigenvalue weighted by Gasteiger charge is -2.28. The molecule has 3 N–H and O–H groups in total. The molecule has 0 atom stereocenters. The van der Waals surface area contributed by atoms with Crippen LogP contribution in [0.1, 0.15) is 87.5 Å². The van der Waals surface area contributed by atoms with Crippen molar-refractivity contribution in [3.05, 3.63) is 124 Å². The minimum Gasteiger partial charge on any atom is -0.497 e. The summed E-state index contributed by atoms with van der Waals surface area (Å²) in [4.78, 5) is 13.6. The first-order chi connectivity index (χ1) is 29.0. The van der Waals surface area contributed by atoms with Gasteiger partial charge in [0.2, 0.25) is 5.69 Å². The van der Waals surface area contributed by atoms with Gasteiger partial charge in [0.1, 0.15) is 18.0 Å². The number of ether oxygens (including phenoxy) is 2. The van der Waals surface area contributed by atoms with E-state index >= 15 is 0 Å². The van der Waals surface area contributed by atoms with E-state index in [1.165, 1.54) is 0 Å². The molecule has 0 radical (unpaired) electrons. The number of aryl methyl sites for hydroxylation is 1. The van der Waals surface area contributed by atoms with Crippen LogP contribution in [0.15, 0.2) is 102 Å². The number of methoxy groups -OCH3 is 2. The van der Waals surface area contributed by atoms with Gasteiger partial charge in [-0.25, -0.2) is 0 Å². The van der Waals surface area contributed by atoms with Crippen LogP contribution in [0.3, 0.4) is 0 Å². The second-order valence-corrected chi connectivity index (χ2v) is 19.5. The maximum absolute atomic E-state index is 11.5. The quantitative estimate of drug-likeness (QED) is 0.0600. The third kappa shape index (κ3) is 11.5. The van der Waals surface area contributed by atoms with Gasteiger partial charge in [0, 0.05) is 53.9 Å². The fourth-order valence-corrected chi connectivity index (χ4v) is 9.82. The van der Waals surface area contributed by atoms with E-state index in [0.29, 0.717) is 51.6 Å². The number of carboxylic acids is 1. The average Bonchev–Trinajstić information content (AvgIpc) is 3.67. The van der Waals surface area contributed by atoms with Crippen molar-refractivity contribution in [1.29, 1.82) is 0 Å². The molecule has 6 rings (SSSR count). The summed E-state index contributed by atoms with van der Waals surface area (Å²) in [7, 11) is -4.84. The number of aliphatic carboxylic acids is 1. The minimum atomic E-state index is -4.07. The molecule has 1 aliphatic carbocycles. The predicted molar refractivity (Wildman–Crippen MR) is 240 cm³/mol. The summed E-state index contributed by atoms with van der Waals surface area (Å²) >= 11 is 0. The molecule has 2 aliphatic heterocycles. The molecule has 0 saturated heterocycles. The van der Waals surface area contributed by atoms with Crippen LogP contribution in [0.25, 0.3) is 5.57 Å². The first kappa shape index (κ1) is 45.5. The molecule has 0 fully saturated rings. The van der Waals surface area contributed by atoms with Gasteiger partial charge in [-0.05, 0) is 115 Å². The van der Waals surface area contributed by atoms with Crippen LogP contribution in [0, 0.1) is 0 Å². The highest BCUT2D eigenvalue weighted by atomic mass is 32.2. The van der Waals surface area contributed by atoms with Gasteiger partial charge in [-0.3, -0.25) is 13.9 Å². The molecule has 0 saturated carbocycles. The van der Waals surface area contributed by atoms with Crippen LogP contribution in [0.5, 0.6) is 11.5 Å². The van der Waals surface area contributed by atoms with Crippen LogP contribution >= 0.6 is 0 Å². The summed E-state index contributed by atoms with van der Waals surface area (Å²) in [5, 5.41) is 9.31. The Balaban J connectivity index is 1.42. The molecule has 3 aromatic carbocycles. The number of carbonyl (C=O) groups is 1. The molecule has 12 nitrogen and oxygen atoms in total. The van der Waals surface area contributed by atoms with Gasteiger partial charge in [-0.1, -0.05) is 50.3 Å². The first-order valence-electron chi connectivity index (χ1n) is 20.8. The van der Waals surface area contributed by atoms with Crippen LogP contribution in [0.2, 0.25) is 0 Å². The highest BCUT2D eigenvalue weighted by Crippen LogP contribution is 2.49. The van der Waals surface area contributed by atoms with E-state index < -0.39 is 31.6 Å². The van der Waals surface area contributed by atoms with Crippen molar-refractivity contribution in [3.63, 3.8) is 0 Å². The SMILES string of the molecule is COc1ccc2c(c1)CC(/C=C/C1=C(c3ccc(CCC(=O)O)cc3)C(=C/C=C3/N(CCCCS(=O)(=O)O)c4ccc(OC)cc4C3(C)C)/CCC1)=[N+]2CCCCS(=O)(=O)O. The Kier molecular flexibility index (Phi) is 14.4. The Morgan fingerprint density at radius 1 is 0.836 bits per heavy atom. The summed E-state index contributed by atoms with van der Waals surface area (Å²) in [6.45, 7) is 5.49. The van der Waals surface area contributed by atoms with Crippen LogP contribution in [-0.4, -0.2) is 86.1 Å². The van der Waals surface area contributed by atoms with Crippen molar-refractivity contribution < 1.29 is 49.9 Å². The maximum Gasteiger partial charge on any atom is 0.303 e. The second-order valence-electron chi connectivity index (χ2n) is 16.4. The summed E-state index contributed by atoms with van der Waals surface area (Å²) in [6.07, 6.45) is 14.2. The number of unbranched alkanes of at least 4 members (excludes halogenated alkanes) is 2. The van der Waals surface area contributed by atoms with Gasteiger partial charge < -0.3 is 19.5 Å². The van der Waals surface area contributed by atoms with E-state index in [0.717, 1.165) is 92.5 Å². The molecular formula is C47H57N2O10S2+. The number of hydrogen-bond donors (Lipinski definition) is 3. The molecule has 3 aliphatic rings. The zero-order valence-electron chi connectivity index (χ0n) is 35.4. The minimum absolute atomic E-state index is 0.0459. The van der Waals surface area contributed by atoms with Crippen molar-refractivity contribution >= 4 is 48.9 Å². The van der Waals surface area contributed by atoms with Gasteiger partial charge in [0.25, 0.3) is 20.2 Å². The Bertz CT molecular complexity index is 2510. The summed E-state index contributed by atoms with van der Waals surface area (Å²) in [5.74, 6) is 0.0739. The zero-order chi connectivity index (χ0) is 44.0. The molecule has 14 heteroatoms. The van der Waals surface area contributed by atoms with E-state index in [1.54, 1.807) is 14.2 Å². The number of anilines is 1. The van der Waals surface area contributed by atoms with E-state index in [9.17, 15) is 35.8 Å². The van der Waals surface area contributed by atoms with Gasteiger partial charge in [0.05, 0.1) is 32.1 Å². The summed E-state index contributed by atoms with van der Waals surface area (Å²) in [5.41, 5.74) is 11.3. The van der Waals surface area contributed by atoms with Crippen LogP contribution < -0.4 is 14.4 Å². The van der Waals surface area contributed by atoms with Crippen LogP contribution in [0.4, 0.5) is 11.4 Å². The molecule has 0 bridgehead atoms. The van der Waals surface area contributed by atoms with E-state index in [1.807, 2.05) is 42.5 Å². The first-order valence-corrected chi connectivity index (χ1v) is 24.0. The summed E-state index contributed by atoms with van der Waals surface area (Å²) < 4.78 is 78.1. The monoisotopic (exact) mass is 873 g/mol. The predicted octanol–water partition coefficient (Wildman–Crippen LogP) is 8.50. The molecular weight excluding hydrogens is 817 g/mol. The molecule has 0 spiro atoms. The lowest BCUT2D eigenvalue weighted by molar-refractivity contribution is -0.437. The Morgan fingerprint density at radius 2 is 1.51 bits per heavy atom. The number of carboxylic acid groups (broad SMARTS) is 1. The number of hydrogen-bond acceptors (Lipinski definition) is 8. The highest BCUT2D eigenvalue weighted by Gasteiger charge is 2.40. The highest BCUT2D eigenvalue weighted by molar-refractivity contribution is 7.86. The molecule has 2 heterocycles. The molecule has 0 aromatic heterocycles.